The van der Waals surface area contributed by atoms with Gasteiger partial charge >= 0.3 is 0 Å². The van der Waals surface area contributed by atoms with E-state index in [0.717, 1.165) is 24.9 Å². The molecule has 1 aromatic carbocycles. The first kappa shape index (κ1) is 17.5. The molecule has 3 nitrogen and oxygen atoms in total. The van der Waals surface area contributed by atoms with E-state index >= 15 is 0 Å². The molecule has 1 saturated heterocycles. The lowest BCUT2D eigenvalue weighted by atomic mass is 9.46. The minimum absolute atomic E-state index is 0.0294. The molecule has 0 amide bonds. The molecular formula is C25H32O3. The highest BCUT2D eigenvalue weighted by Crippen LogP contribution is 2.80. The van der Waals surface area contributed by atoms with Crippen LogP contribution in [0.4, 0.5) is 0 Å². The maximum Gasteiger partial charge on any atom is 0.175 e. The Bertz CT molecular complexity index is 853. The van der Waals surface area contributed by atoms with Gasteiger partial charge < -0.3 is 14.2 Å². The lowest BCUT2D eigenvalue weighted by Gasteiger charge is -2.59. The molecule has 1 unspecified atom stereocenters. The standard InChI is InChI=1S/C25H32O3/c1-22-9-8-20-19-6-5-18(26-3)16-17(19)4-7-21(20)24(22)10-12-25(22,13-11-24)23(2)27-14-15-28-23/h5-6,10,12,16,20-21H,4,7-9,11,13-15H2,1-3H3/t20-,21-,22+,24?,25+/m1/s1. The summed E-state index contributed by atoms with van der Waals surface area (Å²) < 4.78 is 18.1. The molecule has 6 rings (SSSR count). The molecule has 28 heavy (non-hydrogen) atoms. The van der Waals surface area contributed by atoms with Gasteiger partial charge in [-0.1, -0.05) is 25.1 Å². The number of hydrogen-bond acceptors (Lipinski definition) is 3. The van der Waals surface area contributed by atoms with Crippen molar-refractivity contribution in [2.24, 2.45) is 22.2 Å². The summed E-state index contributed by atoms with van der Waals surface area (Å²) in [6.07, 6.45) is 12.7. The van der Waals surface area contributed by atoms with Crippen molar-refractivity contribution >= 4 is 0 Å². The van der Waals surface area contributed by atoms with Crippen LogP contribution < -0.4 is 4.74 Å². The summed E-state index contributed by atoms with van der Waals surface area (Å²) in [5, 5.41) is 0. The van der Waals surface area contributed by atoms with E-state index in [9.17, 15) is 0 Å². The second kappa shape index (κ2) is 5.43. The van der Waals surface area contributed by atoms with Crippen molar-refractivity contribution in [2.45, 2.75) is 64.1 Å². The van der Waals surface area contributed by atoms with Crippen molar-refractivity contribution in [2.75, 3.05) is 20.3 Å². The first-order valence-corrected chi connectivity index (χ1v) is 11.1. The van der Waals surface area contributed by atoms with Gasteiger partial charge in [-0.2, -0.15) is 0 Å². The molecule has 0 N–H and O–H groups in total. The zero-order valence-electron chi connectivity index (χ0n) is 17.4. The number of hydrogen-bond donors (Lipinski definition) is 0. The largest absolute Gasteiger partial charge is 0.497 e. The van der Waals surface area contributed by atoms with E-state index in [1.807, 2.05) is 0 Å². The van der Waals surface area contributed by atoms with Crippen LogP contribution in [0.3, 0.4) is 0 Å². The lowest BCUT2D eigenvalue weighted by Crippen LogP contribution is -2.57. The third-order valence-corrected chi connectivity index (χ3v) is 9.84. The Balaban J connectivity index is 1.43. The molecule has 4 aliphatic carbocycles. The predicted molar refractivity (Wildman–Crippen MR) is 108 cm³/mol. The molecule has 0 aromatic heterocycles. The Morgan fingerprint density at radius 3 is 2.54 bits per heavy atom. The van der Waals surface area contributed by atoms with Crippen LogP contribution in [-0.2, 0) is 15.9 Å². The molecule has 3 fully saturated rings. The topological polar surface area (TPSA) is 27.7 Å². The lowest BCUT2D eigenvalue weighted by molar-refractivity contribution is -0.245. The molecule has 1 aromatic rings. The van der Waals surface area contributed by atoms with Crippen LogP contribution in [0.2, 0.25) is 0 Å². The molecule has 0 radical (unpaired) electrons. The van der Waals surface area contributed by atoms with Gasteiger partial charge in [-0.25, -0.2) is 0 Å². The monoisotopic (exact) mass is 380 g/mol. The highest BCUT2D eigenvalue weighted by molar-refractivity contribution is 5.44. The van der Waals surface area contributed by atoms with E-state index in [1.165, 1.54) is 44.1 Å². The maximum absolute atomic E-state index is 6.29. The highest BCUT2D eigenvalue weighted by atomic mass is 16.7. The summed E-state index contributed by atoms with van der Waals surface area (Å²) >= 11 is 0. The van der Waals surface area contributed by atoms with Crippen molar-refractivity contribution in [3.8, 4) is 5.75 Å². The van der Waals surface area contributed by atoms with Gasteiger partial charge in [0.2, 0.25) is 0 Å². The Labute approximate surface area is 168 Å². The minimum atomic E-state index is -0.455. The fourth-order valence-electron chi connectivity index (χ4n) is 8.46. The molecular weight excluding hydrogens is 348 g/mol. The Kier molecular flexibility index (Phi) is 3.40. The average Bonchev–Trinajstić information content (AvgIpc) is 3.36. The molecule has 150 valence electrons. The van der Waals surface area contributed by atoms with Crippen LogP contribution in [0.1, 0.15) is 63.0 Å². The molecule has 0 spiro atoms. The first-order valence-electron chi connectivity index (χ1n) is 11.1. The molecule has 1 heterocycles. The molecule has 2 bridgehead atoms. The van der Waals surface area contributed by atoms with E-state index < -0.39 is 5.79 Å². The van der Waals surface area contributed by atoms with E-state index in [2.05, 4.69) is 44.2 Å². The van der Waals surface area contributed by atoms with Crippen molar-refractivity contribution < 1.29 is 14.2 Å². The van der Waals surface area contributed by atoms with Gasteiger partial charge in [-0.05, 0) is 91.4 Å². The predicted octanol–water partition coefficient (Wildman–Crippen LogP) is 5.24. The van der Waals surface area contributed by atoms with Crippen LogP contribution in [-0.4, -0.2) is 26.1 Å². The van der Waals surface area contributed by atoms with Crippen molar-refractivity contribution in [3.63, 3.8) is 0 Å². The summed E-state index contributed by atoms with van der Waals surface area (Å²) in [4.78, 5) is 0. The number of fused-ring (bicyclic) bond motifs is 3. The SMILES string of the molecule is COc1ccc2c(c1)CC[C@@H]1[C@@H]2CC[C@@]2(C)C13C=C[C@]2(C1(C)OCCO1)CC3. The van der Waals surface area contributed by atoms with E-state index in [1.54, 1.807) is 12.7 Å². The van der Waals surface area contributed by atoms with Crippen molar-refractivity contribution in [1.82, 2.24) is 0 Å². The molecule has 2 saturated carbocycles. The number of methoxy groups -OCH3 is 1. The zero-order chi connectivity index (χ0) is 19.2. The maximum atomic E-state index is 6.29. The van der Waals surface area contributed by atoms with Gasteiger partial charge in [-0.15, -0.1) is 0 Å². The van der Waals surface area contributed by atoms with Crippen LogP contribution in [0, 0.1) is 22.2 Å². The zero-order valence-corrected chi connectivity index (χ0v) is 17.4. The summed E-state index contributed by atoms with van der Waals surface area (Å²) in [5.41, 5.74) is 3.67. The normalized spacial score (nSPS) is 44.8. The van der Waals surface area contributed by atoms with Gasteiger partial charge in [0.15, 0.2) is 5.79 Å². The number of allylic oxidation sites excluding steroid dienone is 1. The van der Waals surface area contributed by atoms with Crippen molar-refractivity contribution in [1.29, 1.82) is 0 Å². The summed E-state index contributed by atoms with van der Waals surface area (Å²) in [6.45, 7) is 6.24. The number of benzene rings is 1. The second-order valence-corrected chi connectivity index (χ2v) is 10.2. The number of aryl methyl sites for hydroxylation is 1. The molecule has 5 atom stereocenters. The highest BCUT2D eigenvalue weighted by Gasteiger charge is 2.76. The van der Waals surface area contributed by atoms with Crippen molar-refractivity contribution in [3.05, 3.63) is 41.5 Å². The quantitative estimate of drug-likeness (QED) is 0.657. The Morgan fingerprint density at radius 1 is 1.00 bits per heavy atom. The van der Waals surface area contributed by atoms with Gasteiger partial charge in [-0.3, -0.25) is 0 Å². The number of rotatable bonds is 2. The van der Waals surface area contributed by atoms with Crippen LogP contribution in [0.25, 0.3) is 0 Å². The fraction of sp³-hybridized carbons (Fsp3) is 0.680. The van der Waals surface area contributed by atoms with E-state index in [-0.39, 0.29) is 10.8 Å². The Morgan fingerprint density at radius 2 is 1.82 bits per heavy atom. The molecule has 3 heteroatoms. The molecule has 5 aliphatic rings. The second-order valence-electron chi connectivity index (χ2n) is 10.2. The summed E-state index contributed by atoms with van der Waals surface area (Å²) in [7, 11) is 1.77. The fourth-order valence-corrected chi connectivity index (χ4v) is 8.46. The van der Waals surface area contributed by atoms with Crippen LogP contribution in [0.5, 0.6) is 5.75 Å². The van der Waals surface area contributed by atoms with Gasteiger partial charge in [0.25, 0.3) is 0 Å². The minimum Gasteiger partial charge on any atom is -0.497 e. The van der Waals surface area contributed by atoms with Crippen LogP contribution >= 0.6 is 0 Å². The van der Waals surface area contributed by atoms with Gasteiger partial charge in [0.1, 0.15) is 5.75 Å². The first-order chi connectivity index (χ1) is 13.5. The third-order valence-electron chi connectivity index (χ3n) is 9.84. The summed E-state index contributed by atoms with van der Waals surface area (Å²) in [5.74, 6) is 1.96. The smallest absolute Gasteiger partial charge is 0.175 e. The Hall–Kier alpha value is -1.32. The third kappa shape index (κ3) is 1.76. The molecule has 1 aliphatic heterocycles. The van der Waals surface area contributed by atoms with Gasteiger partial charge in [0.05, 0.1) is 20.3 Å². The average molecular weight is 381 g/mol. The number of ether oxygens (including phenoxy) is 3. The van der Waals surface area contributed by atoms with Crippen LogP contribution in [0.15, 0.2) is 30.4 Å². The van der Waals surface area contributed by atoms with Gasteiger partial charge in [0, 0.05) is 5.41 Å². The summed E-state index contributed by atoms with van der Waals surface area (Å²) in [6, 6.07) is 6.80. The van der Waals surface area contributed by atoms with E-state index in [0.29, 0.717) is 11.3 Å². The van der Waals surface area contributed by atoms with E-state index in [4.69, 9.17) is 14.2 Å².